The van der Waals surface area contributed by atoms with Gasteiger partial charge < -0.3 is 14.8 Å². The summed E-state index contributed by atoms with van der Waals surface area (Å²) in [4.78, 5) is 20.2. The van der Waals surface area contributed by atoms with E-state index in [9.17, 15) is 20.4 Å². The molecule has 0 atom stereocenters. The Labute approximate surface area is 213 Å². The largest absolute Gasteiger partial charge is 0.469 e. The summed E-state index contributed by atoms with van der Waals surface area (Å²) in [6.45, 7) is 3.54. The second kappa shape index (κ2) is 9.05. The van der Waals surface area contributed by atoms with Gasteiger partial charge in [0.05, 0.1) is 59.0 Å². The highest BCUT2D eigenvalue weighted by Crippen LogP contribution is 2.38. The maximum Gasteiger partial charge on any atom is 0.309 e. The third-order valence-electron chi connectivity index (χ3n) is 6.44. The summed E-state index contributed by atoms with van der Waals surface area (Å²) < 4.78 is 4.86. The normalized spacial score (nSPS) is 11.5. The number of nitriles is 2. The third kappa shape index (κ3) is 4.38. The first-order valence-electron chi connectivity index (χ1n) is 11.8. The van der Waals surface area contributed by atoms with Gasteiger partial charge in [0, 0.05) is 17.2 Å². The molecule has 0 aliphatic carbocycles. The summed E-state index contributed by atoms with van der Waals surface area (Å²) in [7, 11) is 1.37. The minimum absolute atomic E-state index is 0.143. The lowest BCUT2D eigenvalue weighted by Crippen LogP contribution is -2.21. The molecule has 7 nitrogen and oxygen atoms in total. The molecule has 4 aromatic carbocycles. The molecule has 182 valence electrons. The zero-order valence-corrected chi connectivity index (χ0v) is 20.7. The van der Waals surface area contributed by atoms with Crippen molar-refractivity contribution in [1.82, 2.24) is 9.97 Å². The molecule has 37 heavy (non-hydrogen) atoms. The fourth-order valence-corrected chi connectivity index (χ4v) is 4.89. The van der Waals surface area contributed by atoms with Gasteiger partial charge in [-0.25, -0.2) is 4.98 Å². The van der Waals surface area contributed by atoms with Crippen LogP contribution >= 0.6 is 0 Å². The Bertz CT molecular complexity index is 1760. The van der Waals surface area contributed by atoms with Gasteiger partial charge in [0.2, 0.25) is 0 Å². The van der Waals surface area contributed by atoms with Crippen molar-refractivity contribution in [2.75, 3.05) is 7.11 Å². The van der Waals surface area contributed by atoms with Gasteiger partial charge in [0.25, 0.3) is 0 Å². The Morgan fingerprint density at radius 2 is 1.59 bits per heavy atom. The second-order valence-corrected chi connectivity index (χ2v) is 9.76. The lowest BCUT2D eigenvalue weighted by molar-refractivity contribution is -0.139. The van der Waals surface area contributed by atoms with Crippen LogP contribution < -0.4 is 0 Å². The molecule has 0 spiro atoms. The molecule has 7 heteroatoms. The molecule has 1 heterocycles. The predicted octanol–water partition coefficient (Wildman–Crippen LogP) is 5.31. The number of fused-ring (bicyclic) bond motifs is 6. The SMILES string of the molecule is COC(=O)Cc1ccc2c(c1)c1cc(CC(C)(C)O)ccc1c1nc(-c3c(C#N)cccc3C#N)[nH]c21. The van der Waals surface area contributed by atoms with Crippen molar-refractivity contribution in [2.45, 2.75) is 32.3 Å². The van der Waals surface area contributed by atoms with E-state index in [1.54, 1.807) is 32.0 Å². The smallest absolute Gasteiger partial charge is 0.309 e. The highest BCUT2D eigenvalue weighted by molar-refractivity contribution is 6.24. The number of aromatic nitrogens is 2. The van der Waals surface area contributed by atoms with E-state index in [4.69, 9.17) is 9.72 Å². The van der Waals surface area contributed by atoms with Gasteiger partial charge in [-0.3, -0.25) is 4.79 Å². The van der Waals surface area contributed by atoms with Gasteiger partial charge in [-0.15, -0.1) is 0 Å². The number of ether oxygens (including phenoxy) is 1. The number of H-pyrrole nitrogens is 1. The highest BCUT2D eigenvalue weighted by Gasteiger charge is 2.20. The van der Waals surface area contributed by atoms with Crippen LogP contribution in [0.4, 0.5) is 0 Å². The highest BCUT2D eigenvalue weighted by atomic mass is 16.5. The van der Waals surface area contributed by atoms with Gasteiger partial charge in [0.15, 0.2) is 0 Å². The number of hydrogen-bond acceptors (Lipinski definition) is 6. The molecule has 0 saturated heterocycles. The van der Waals surface area contributed by atoms with E-state index in [1.165, 1.54) is 7.11 Å². The number of hydrogen-bond donors (Lipinski definition) is 2. The number of aromatic amines is 1. The van der Waals surface area contributed by atoms with Crippen LogP contribution in [-0.4, -0.2) is 33.8 Å². The van der Waals surface area contributed by atoms with Crippen molar-refractivity contribution in [3.05, 3.63) is 76.9 Å². The number of methoxy groups -OCH3 is 1. The van der Waals surface area contributed by atoms with E-state index in [1.807, 2.05) is 30.3 Å². The summed E-state index contributed by atoms with van der Waals surface area (Å²) >= 11 is 0. The van der Waals surface area contributed by atoms with Crippen molar-refractivity contribution in [2.24, 2.45) is 0 Å². The Kier molecular flexibility index (Phi) is 5.87. The Hall–Kier alpha value is -4.72. The van der Waals surface area contributed by atoms with E-state index >= 15 is 0 Å². The zero-order chi connectivity index (χ0) is 26.3. The summed E-state index contributed by atoms with van der Waals surface area (Å²) in [6, 6.07) is 21.2. The molecule has 5 rings (SSSR count). The van der Waals surface area contributed by atoms with Crippen LogP contribution in [0.15, 0.2) is 54.6 Å². The Morgan fingerprint density at radius 1 is 0.973 bits per heavy atom. The van der Waals surface area contributed by atoms with Gasteiger partial charge in [-0.2, -0.15) is 10.5 Å². The second-order valence-electron chi connectivity index (χ2n) is 9.76. The van der Waals surface area contributed by atoms with Crippen molar-refractivity contribution >= 4 is 38.5 Å². The number of imidazole rings is 1. The zero-order valence-electron chi connectivity index (χ0n) is 20.7. The quantitative estimate of drug-likeness (QED) is 0.255. The molecule has 0 aliphatic rings. The summed E-state index contributed by atoms with van der Waals surface area (Å²) in [5.41, 5.74) is 3.58. The summed E-state index contributed by atoms with van der Waals surface area (Å²) in [5.74, 6) is 0.116. The molecule has 1 aromatic heterocycles. The van der Waals surface area contributed by atoms with Crippen LogP contribution in [0.3, 0.4) is 0 Å². The molecule has 0 bridgehead atoms. The van der Waals surface area contributed by atoms with Crippen LogP contribution in [0, 0.1) is 22.7 Å². The number of esters is 1. The molecule has 0 aliphatic heterocycles. The molecular formula is C30H24N4O3. The van der Waals surface area contributed by atoms with E-state index in [0.717, 1.165) is 38.2 Å². The fraction of sp³-hybridized carbons (Fsp3) is 0.200. The molecule has 5 aromatic rings. The summed E-state index contributed by atoms with van der Waals surface area (Å²) in [5, 5.41) is 33.4. The Balaban J connectivity index is 1.85. The van der Waals surface area contributed by atoms with E-state index < -0.39 is 5.60 Å². The minimum Gasteiger partial charge on any atom is -0.469 e. The molecular weight excluding hydrogens is 464 g/mol. The molecule has 0 unspecified atom stereocenters. The number of carbonyl (C=O) groups excluding carboxylic acids is 1. The Morgan fingerprint density at radius 3 is 2.24 bits per heavy atom. The van der Waals surface area contributed by atoms with E-state index in [2.05, 4.69) is 23.2 Å². The van der Waals surface area contributed by atoms with E-state index in [0.29, 0.717) is 34.5 Å². The molecule has 0 radical (unpaired) electrons. The van der Waals surface area contributed by atoms with E-state index in [-0.39, 0.29) is 12.4 Å². The van der Waals surface area contributed by atoms with Crippen LogP contribution in [0.2, 0.25) is 0 Å². The number of benzene rings is 4. The standard InChI is InChI=1S/C30H24N4O3/c1-30(2,36)14-18-8-10-22-24(12-18)23-11-17(13-25(35)37-3)7-9-21(23)27-28(22)34-29(33-27)26-19(15-31)5-4-6-20(26)16-32/h4-12,36H,13-14H2,1-3H3,(H,33,34). The molecule has 0 saturated carbocycles. The fourth-order valence-electron chi connectivity index (χ4n) is 4.89. The summed E-state index contributed by atoms with van der Waals surface area (Å²) in [6.07, 6.45) is 0.613. The van der Waals surface area contributed by atoms with Gasteiger partial charge >= 0.3 is 5.97 Å². The first-order valence-corrected chi connectivity index (χ1v) is 11.8. The van der Waals surface area contributed by atoms with Crippen LogP contribution in [0.25, 0.3) is 44.0 Å². The lowest BCUT2D eigenvalue weighted by Gasteiger charge is -2.18. The average molecular weight is 489 g/mol. The van der Waals surface area contributed by atoms with Crippen molar-refractivity contribution < 1.29 is 14.6 Å². The van der Waals surface area contributed by atoms with Crippen LogP contribution in [0.5, 0.6) is 0 Å². The maximum atomic E-state index is 12.0. The number of nitrogens with zero attached hydrogens (tertiary/aromatic N) is 3. The lowest BCUT2D eigenvalue weighted by atomic mass is 9.93. The molecule has 0 amide bonds. The van der Waals surface area contributed by atoms with Gasteiger partial charge in [-0.05, 0) is 53.9 Å². The first-order chi connectivity index (χ1) is 17.7. The van der Waals surface area contributed by atoms with Crippen molar-refractivity contribution in [3.8, 4) is 23.5 Å². The third-order valence-corrected chi connectivity index (χ3v) is 6.44. The van der Waals surface area contributed by atoms with Gasteiger partial charge in [-0.1, -0.05) is 36.4 Å². The molecule has 2 N–H and O–H groups in total. The van der Waals surface area contributed by atoms with Crippen LogP contribution in [0.1, 0.15) is 36.1 Å². The number of rotatable bonds is 5. The van der Waals surface area contributed by atoms with Crippen molar-refractivity contribution in [1.29, 1.82) is 10.5 Å². The minimum atomic E-state index is -0.877. The first kappa shape index (κ1) is 24.0. The maximum absolute atomic E-state index is 12.0. The predicted molar refractivity (Wildman–Crippen MR) is 142 cm³/mol. The molecule has 0 fully saturated rings. The topological polar surface area (TPSA) is 123 Å². The van der Waals surface area contributed by atoms with Crippen LogP contribution in [-0.2, 0) is 22.4 Å². The average Bonchev–Trinajstić information content (AvgIpc) is 3.32. The number of aliphatic hydroxyl groups is 1. The van der Waals surface area contributed by atoms with Gasteiger partial charge in [0.1, 0.15) is 5.82 Å². The number of carbonyl (C=O) groups is 1. The number of nitrogens with one attached hydrogen (secondary N) is 1. The monoisotopic (exact) mass is 488 g/mol. The van der Waals surface area contributed by atoms with Crippen molar-refractivity contribution in [3.63, 3.8) is 0 Å².